The van der Waals surface area contributed by atoms with Crippen LogP contribution in [0.15, 0.2) is 33.7 Å². The van der Waals surface area contributed by atoms with E-state index in [1.807, 2.05) is 13.8 Å². The Bertz CT molecular complexity index is 595. The Balaban J connectivity index is 2.13. The zero-order valence-corrected chi connectivity index (χ0v) is 12.2. The maximum Gasteiger partial charge on any atom is 0.446 e. The molecule has 1 heterocycles. The molecule has 0 fully saturated rings. The second-order valence-electron chi connectivity index (χ2n) is 4.74. The van der Waals surface area contributed by atoms with Crippen LogP contribution in [0.1, 0.15) is 43.1 Å². The molecule has 0 bridgehead atoms. The highest BCUT2D eigenvalue weighted by Gasteiger charge is 2.29. The number of aromatic nitrogens is 2. The Kier molecular flexibility index (Phi) is 4.58. The van der Waals surface area contributed by atoms with E-state index in [9.17, 15) is 13.2 Å². The van der Waals surface area contributed by atoms with Crippen molar-refractivity contribution in [3.05, 3.63) is 41.5 Å². The Hall–Kier alpha value is -1.54. The van der Waals surface area contributed by atoms with Crippen LogP contribution >= 0.6 is 11.8 Å². The second-order valence-corrected chi connectivity index (χ2v) is 5.88. The van der Waals surface area contributed by atoms with Gasteiger partial charge >= 0.3 is 5.51 Å². The summed E-state index contributed by atoms with van der Waals surface area (Å²) in [5.74, 6) is 0.878. The highest BCUT2D eigenvalue weighted by atomic mass is 32.2. The number of nitrogens with two attached hydrogens (primary N) is 1. The maximum absolute atomic E-state index is 12.2. The summed E-state index contributed by atoms with van der Waals surface area (Å²) in [7, 11) is 0. The number of benzene rings is 1. The maximum atomic E-state index is 12.2. The first kappa shape index (κ1) is 15.8. The van der Waals surface area contributed by atoms with E-state index in [2.05, 4.69) is 10.1 Å². The molecule has 0 radical (unpaired) electrons. The van der Waals surface area contributed by atoms with Crippen molar-refractivity contribution in [2.24, 2.45) is 5.73 Å². The summed E-state index contributed by atoms with van der Waals surface area (Å²) in [5, 5.41) is 3.80. The number of hydrogen-bond acceptors (Lipinski definition) is 5. The van der Waals surface area contributed by atoms with Crippen LogP contribution in [-0.4, -0.2) is 15.6 Å². The van der Waals surface area contributed by atoms with Gasteiger partial charge in [-0.3, -0.25) is 0 Å². The SMILES string of the molecule is CC(C)c1nc(C(N)c2ccc(SC(F)(F)F)cc2)no1. The monoisotopic (exact) mass is 317 g/mol. The van der Waals surface area contributed by atoms with Crippen LogP contribution in [0.3, 0.4) is 0 Å². The van der Waals surface area contributed by atoms with E-state index in [1.165, 1.54) is 24.3 Å². The van der Waals surface area contributed by atoms with Crippen molar-refractivity contribution >= 4 is 11.8 Å². The molecular weight excluding hydrogens is 303 g/mol. The van der Waals surface area contributed by atoms with Crippen molar-refractivity contribution in [2.45, 2.75) is 36.2 Å². The summed E-state index contributed by atoms with van der Waals surface area (Å²) in [4.78, 5) is 4.29. The van der Waals surface area contributed by atoms with Crippen molar-refractivity contribution < 1.29 is 17.7 Å². The first-order valence-corrected chi connectivity index (χ1v) is 7.02. The largest absolute Gasteiger partial charge is 0.446 e. The fraction of sp³-hybridized carbons (Fsp3) is 0.385. The van der Waals surface area contributed by atoms with Gasteiger partial charge in [0, 0.05) is 10.8 Å². The van der Waals surface area contributed by atoms with Gasteiger partial charge in [-0.1, -0.05) is 31.1 Å². The molecule has 0 aliphatic rings. The smallest absolute Gasteiger partial charge is 0.339 e. The van der Waals surface area contributed by atoms with E-state index in [0.717, 1.165) is 0 Å². The van der Waals surface area contributed by atoms with Crippen molar-refractivity contribution in [2.75, 3.05) is 0 Å². The number of alkyl halides is 3. The Morgan fingerprint density at radius 1 is 1.19 bits per heavy atom. The van der Waals surface area contributed by atoms with Crippen molar-refractivity contribution in [3.8, 4) is 0 Å². The van der Waals surface area contributed by atoms with E-state index in [4.69, 9.17) is 10.3 Å². The van der Waals surface area contributed by atoms with Gasteiger partial charge in [0.25, 0.3) is 0 Å². The summed E-state index contributed by atoms with van der Waals surface area (Å²) < 4.78 is 41.8. The van der Waals surface area contributed by atoms with Gasteiger partial charge in [-0.25, -0.2) is 0 Å². The fourth-order valence-corrected chi connectivity index (χ4v) is 2.17. The van der Waals surface area contributed by atoms with Crippen molar-refractivity contribution in [1.82, 2.24) is 10.1 Å². The molecule has 0 saturated heterocycles. The number of hydrogen-bond donors (Lipinski definition) is 1. The minimum atomic E-state index is -4.30. The van der Waals surface area contributed by atoms with Crippen LogP contribution in [0.5, 0.6) is 0 Å². The van der Waals surface area contributed by atoms with Gasteiger partial charge < -0.3 is 10.3 Å². The molecule has 114 valence electrons. The molecule has 0 spiro atoms. The van der Waals surface area contributed by atoms with E-state index < -0.39 is 11.6 Å². The third kappa shape index (κ3) is 4.21. The Morgan fingerprint density at radius 3 is 2.29 bits per heavy atom. The predicted molar refractivity (Wildman–Crippen MR) is 72.8 cm³/mol. The molecule has 0 amide bonds. The normalized spacial score (nSPS) is 13.7. The van der Waals surface area contributed by atoms with Crippen LogP contribution < -0.4 is 5.73 Å². The molecule has 1 aromatic heterocycles. The molecule has 1 atom stereocenters. The Morgan fingerprint density at radius 2 is 1.81 bits per heavy atom. The van der Waals surface area contributed by atoms with Crippen molar-refractivity contribution in [1.29, 1.82) is 0 Å². The molecule has 2 N–H and O–H groups in total. The molecule has 1 unspecified atom stereocenters. The lowest BCUT2D eigenvalue weighted by molar-refractivity contribution is -0.0328. The lowest BCUT2D eigenvalue weighted by Crippen LogP contribution is -2.13. The van der Waals surface area contributed by atoms with Gasteiger partial charge in [0.1, 0.15) is 0 Å². The van der Waals surface area contributed by atoms with Crippen LogP contribution in [-0.2, 0) is 0 Å². The average molecular weight is 317 g/mol. The third-order valence-corrected chi connectivity index (χ3v) is 3.44. The topological polar surface area (TPSA) is 64.9 Å². The summed E-state index contributed by atoms with van der Waals surface area (Å²) >= 11 is -0.166. The first-order valence-electron chi connectivity index (χ1n) is 6.21. The molecule has 0 aliphatic carbocycles. The van der Waals surface area contributed by atoms with Gasteiger partial charge in [-0.2, -0.15) is 18.2 Å². The summed E-state index contributed by atoms with van der Waals surface area (Å²) in [6.45, 7) is 3.82. The highest BCUT2D eigenvalue weighted by molar-refractivity contribution is 8.00. The van der Waals surface area contributed by atoms with E-state index in [0.29, 0.717) is 17.3 Å². The van der Waals surface area contributed by atoms with Gasteiger partial charge in [0.05, 0.1) is 6.04 Å². The number of rotatable bonds is 4. The number of nitrogens with zero attached hydrogens (tertiary/aromatic N) is 2. The first-order chi connectivity index (χ1) is 9.76. The minimum absolute atomic E-state index is 0.0870. The summed E-state index contributed by atoms with van der Waals surface area (Å²) in [6, 6.07) is 5.17. The van der Waals surface area contributed by atoms with Gasteiger partial charge in [-0.05, 0) is 29.5 Å². The van der Waals surface area contributed by atoms with E-state index in [1.54, 1.807) is 0 Å². The molecule has 4 nitrogen and oxygen atoms in total. The van der Waals surface area contributed by atoms with Crippen LogP contribution in [0, 0.1) is 0 Å². The molecule has 0 aliphatic heterocycles. The zero-order chi connectivity index (χ0) is 15.6. The fourth-order valence-electron chi connectivity index (χ4n) is 1.63. The molecule has 0 saturated carbocycles. The van der Waals surface area contributed by atoms with Crippen LogP contribution in [0.4, 0.5) is 13.2 Å². The third-order valence-electron chi connectivity index (χ3n) is 2.70. The molecule has 2 aromatic rings. The van der Waals surface area contributed by atoms with Gasteiger partial charge in [0.15, 0.2) is 5.82 Å². The Labute approximate surface area is 123 Å². The molecule has 1 aromatic carbocycles. The van der Waals surface area contributed by atoms with Crippen LogP contribution in [0.2, 0.25) is 0 Å². The molecule has 21 heavy (non-hydrogen) atoms. The second kappa shape index (κ2) is 6.07. The highest BCUT2D eigenvalue weighted by Crippen LogP contribution is 2.37. The summed E-state index contributed by atoms with van der Waals surface area (Å²) in [6.07, 6.45) is 0. The summed E-state index contributed by atoms with van der Waals surface area (Å²) in [5.41, 5.74) is 2.31. The lowest BCUT2D eigenvalue weighted by Gasteiger charge is -2.09. The predicted octanol–water partition coefficient (Wildman–Crippen LogP) is 3.85. The number of halogens is 3. The number of thioether (sulfide) groups is 1. The van der Waals surface area contributed by atoms with Gasteiger partial charge in [0.2, 0.25) is 5.89 Å². The van der Waals surface area contributed by atoms with E-state index in [-0.39, 0.29) is 22.6 Å². The molecule has 8 heteroatoms. The molecular formula is C13H14F3N3OS. The quantitative estimate of drug-likeness (QED) is 0.868. The minimum Gasteiger partial charge on any atom is -0.339 e. The average Bonchev–Trinajstić information content (AvgIpc) is 2.86. The van der Waals surface area contributed by atoms with Crippen LogP contribution in [0.25, 0.3) is 0 Å². The standard InChI is InChI=1S/C13H14F3N3OS/c1-7(2)12-18-11(19-20-12)10(17)8-3-5-9(6-4-8)21-13(14,15)16/h3-7,10H,17H2,1-2H3. The van der Waals surface area contributed by atoms with Gasteiger partial charge in [-0.15, -0.1) is 0 Å². The van der Waals surface area contributed by atoms with Crippen molar-refractivity contribution in [3.63, 3.8) is 0 Å². The molecule has 2 rings (SSSR count). The lowest BCUT2D eigenvalue weighted by atomic mass is 10.1. The van der Waals surface area contributed by atoms with E-state index >= 15 is 0 Å². The zero-order valence-electron chi connectivity index (χ0n) is 11.4.